The lowest BCUT2D eigenvalue weighted by Gasteiger charge is -2.38. The third-order valence-electron chi connectivity index (χ3n) is 7.31. The summed E-state index contributed by atoms with van der Waals surface area (Å²) in [4.78, 5) is 32.1. The zero-order valence-corrected chi connectivity index (χ0v) is 23.4. The van der Waals surface area contributed by atoms with Crippen LogP contribution in [0.15, 0.2) is 72.1 Å². The highest BCUT2D eigenvalue weighted by Gasteiger charge is 2.34. The first-order valence-corrected chi connectivity index (χ1v) is 14.1. The molecule has 2 aromatic carbocycles. The molecule has 0 aliphatic carbocycles. The molecule has 0 radical (unpaired) electrons. The van der Waals surface area contributed by atoms with Crippen LogP contribution in [0.1, 0.15) is 74.2 Å². The molecular formula is C32H38N2O2S. The fraction of sp³-hybridized carbons (Fsp3) is 0.375. The van der Waals surface area contributed by atoms with E-state index in [-0.39, 0.29) is 35.9 Å². The average Bonchev–Trinajstić information content (AvgIpc) is 3.38. The Labute approximate surface area is 225 Å². The number of nitrogens with zero attached hydrogens (tertiary/aromatic N) is 2. The number of carbonyl (C=O) groups excluding carboxylic acids is 2. The van der Waals surface area contributed by atoms with Gasteiger partial charge in [0, 0.05) is 23.5 Å². The van der Waals surface area contributed by atoms with E-state index in [2.05, 4.69) is 63.4 Å². The Bertz CT molecular complexity index is 1240. The highest BCUT2D eigenvalue weighted by molar-refractivity contribution is 7.10. The van der Waals surface area contributed by atoms with Crippen molar-refractivity contribution in [3.05, 3.63) is 99.3 Å². The van der Waals surface area contributed by atoms with E-state index < -0.39 is 0 Å². The maximum atomic E-state index is 13.9. The number of fused-ring (bicyclic) bond motifs is 1. The molecule has 1 aliphatic heterocycles. The van der Waals surface area contributed by atoms with E-state index in [1.54, 1.807) is 22.3 Å². The van der Waals surface area contributed by atoms with Gasteiger partial charge in [-0.3, -0.25) is 9.59 Å². The molecule has 0 saturated heterocycles. The summed E-state index contributed by atoms with van der Waals surface area (Å²) in [5.74, 6) is -0.144. The van der Waals surface area contributed by atoms with Crippen LogP contribution in [0.3, 0.4) is 0 Å². The first-order valence-electron chi connectivity index (χ1n) is 13.2. The lowest BCUT2D eigenvalue weighted by Crippen LogP contribution is -2.48. The van der Waals surface area contributed by atoms with Crippen molar-refractivity contribution < 1.29 is 9.59 Å². The molecular weight excluding hydrogens is 476 g/mol. The lowest BCUT2D eigenvalue weighted by atomic mass is 9.85. The van der Waals surface area contributed by atoms with Gasteiger partial charge in [-0.25, -0.2) is 0 Å². The fourth-order valence-corrected chi connectivity index (χ4v) is 5.75. The number of thiophene rings is 1. The highest BCUT2D eigenvalue weighted by Crippen LogP contribution is 2.38. The van der Waals surface area contributed by atoms with Crippen molar-refractivity contribution in [2.75, 3.05) is 13.1 Å². The van der Waals surface area contributed by atoms with Crippen LogP contribution in [-0.2, 0) is 21.4 Å². The molecule has 0 fully saturated rings. The molecule has 0 bridgehead atoms. The van der Waals surface area contributed by atoms with Crippen LogP contribution in [0.5, 0.6) is 0 Å². The van der Waals surface area contributed by atoms with E-state index in [9.17, 15) is 9.59 Å². The van der Waals surface area contributed by atoms with Crippen LogP contribution < -0.4 is 0 Å². The zero-order valence-electron chi connectivity index (χ0n) is 22.6. The molecule has 37 heavy (non-hydrogen) atoms. The van der Waals surface area contributed by atoms with E-state index in [0.29, 0.717) is 6.54 Å². The largest absolute Gasteiger partial charge is 0.330 e. The Morgan fingerprint density at radius 2 is 1.78 bits per heavy atom. The summed E-state index contributed by atoms with van der Waals surface area (Å²) < 4.78 is 0. The summed E-state index contributed by atoms with van der Waals surface area (Å²) in [6, 6.07) is 20.4. The van der Waals surface area contributed by atoms with Crippen molar-refractivity contribution >= 4 is 29.2 Å². The first kappa shape index (κ1) is 26.9. The minimum Gasteiger partial charge on any atom is -0.330 e. The van der Waals surface area contributed by atoms with Crippen molar-refractivity contribution in [1.29, 1.82) is 0 Å². The van der Waals surface area contributed by atoms with E-state index in [1.165, 1.54) is 16.0 Å². The maximum absolute atomic E-state index is 13.9. The minimum atomic E-state index is -0.134. The number of hydrogen-bond donors (Lipinski definition) is 0. The molecule has 4 rings (SSSR count). The molecule has 2 atom stereocenters. The maximum Gasteiger partial charge on any atom is 0.247 e. The third-order valence-corrected chi connectivity index (χ3v) is 8.30. The van der Waals surface area contributed by atoms with Crippen molar-refractivity contribution in [2.24, 2.45) is 0 Å². The second-order valence-electron chi connectivity index (χ2n) is 10.9. The second-order valence-corrected chi connectivity index (χ2v) is 11.9. The van der Waals surface area contributed by atoms with Crippen molar-refractivity contribution in [3.63, 3.8) is 0 Å². The molecule has 2 amide bonds. The Balaban J connectivity index is 1.59. The summed E-state index contributed by atoms with van der Waals surface area (Å²) in [6.45, 7) is 11.4. The van der Waals surface area contributed by atoms with E-state index in [4.69, 9.17) is 0 Å². The number of benzene rings is 2. The first-order chi connectivity index (χ1) is 17.7. The van der Waals surface area contributed by atoms with Gasteiger partial charge in [0.2, 0.25) is 11.8 Å². The SMILES string of the molecule is CC[C@H](C)N(CC(=O)N1CCc2sccc2[C@H]1c1ccc(C(C)(C)C)cc1)C(=O)/C=C/c1ccccc1. The van der Waals surface area contributed by atoms with Gasteiger partial charge in [0.25, 0.3) is 0 Å². The van der Waals surface area contributed by atoms with Crippen LogP contribution in [0.25, 0.3) is 6.08 Å². The zero-order chi connectivity index (χ0) is 26.6. The van der Waals surface area contributed by atoms with Gasteiger partial charge in [0.1, 0.15) is 6.54 Å². The van der Waals surface area contributed by atoms with E-state index in [1.807, 2.05) is 48.2 Å². The van der Waals surface area contributed by atoms with Gasteiger partial charge in [0.15, 0.2) is 0 Å². The van der Waals surface area contributed by atoms with Gasteiger partial charge in [-0.2, -0.15) is 0 Å². The van der Waals surface area contributed by atoms with E-state index in [0.717, 1.165) is 24.0 Å². The summed E-state index contributed by atoms with van der Waals surface area (Å²) in [7, 11) is 0. The molecule has 1 aromatic heterocycles. The predicted molar refractivity (Wildman–Crippen MR) is 154 cm³/mol. The van der Waals surface area contributed by atoms with Gasteiger partial charge in [0.05, 0.1) is 6.04 Å². The van der Waals surface area contributed by atoms with Gasteiger partial charge in [-0.05, 0) is 65.0 Å². The standard InChI is InChI=1S/C32H38N2O2S/c1-6-23(2)34(29(35)17-12-24-10-8-7-9-11-24)22-30(36)33-20-18-28-27(19-21-37-28)31(33)25-13-15-26(16-14-25)32(3,4)5/h7-17,19,21,23,31H,6,18,20,22H2,1-5H3/b17-12+/t23-,31+/m0/s1. The Morgan fingerprint density at radius 3 is 2.43 bits per heavy atom. The molecule has 0 spiro atoms. The summed E-state index contributed by atoms with van der Waals surface area (Å²) >= 11 is 1.77. The average molecular weight is 515 g/mol. The number of carbonyl (C=O) groups is 2. The molecule has 0 N–H and O–H groups in total. The Kier molecular flexibility index (Phi) is 8.33. The number of hydrogen-bond acceptors (Lipinski definition) is 3. The summed E-state index contributed by atoms with van der Waals surface area (Å²) in [5, 5.41) is 2.12. The summed E-state index contributed by atoms with van der Waals surface area (Å²) in [5.41, 5.74) is 4.63. The molecule has 3 aromatic rings. The summed E-state index contributed by atoms with van der Waals surface area (Å²) in [6.07, 6.45) is 5.04. The topological polar surface area (TPSA) is 40.6 Å². The Hall–Kier alpha value is -3.18. The molecule has 0 unspecified atom stereocenters. The number of rotatable bonds is 7. The molecule has 0 saturated carbocycles. The van der Waals surface area contributed by atoms with Crippen LogP contribution in [-0.4, -0.2) is 40.7 Å². The molecule has 194 valence electrons. The Morgan fingerprint density at radius 1 is 1.08 bits per heavy atom. The van der Waals surface area contributed by atoms with Gasteiger partial charge >= 0.3 is 0 Å². The predicted octanol–water partition coefficient (Wildman–Crippen LogP) is 6.86. The van der Waals surface area contributed by atoms with Crippen LogP contribution >= 0.6 is 11.3 Å². The second kappa shape index (κ2) is 11.5. The third kappa shape index (κ3) is 6.22. The monoisotopic (exact) mass is 514 g/mol. The van der Waals surface area contributed by atoms with E-state index >= 15 is 0 Å². The fourth-order valence-electron chi connectivity index (χ4n) is 4.85. The molecule has 2 heterocycles. The molecule has 1 aliphatic rings. The van der Waals surface area contributed by atoms with Crippen molar-refractivity contribution in [2.45, 2.75) is 65.0 Å². The van der Waals surface area contributed by atoms with Crippen LogP contribution in [0.2, 0.25) is 0 Å². The van der Waals surface area contributed by atoms with Gasteiger partial charge < -0.3 is 9.80 Å². The normalized spacial score (nSPS) is 16.5. The quantitative estimate of drug-likeness (QED) is 0.323. The van der Waals surface area contributed by atoms with Crippen LogP contribution in [0, 0.1) is 0 Å². The lowest BCUT2D eigenvalue weighted by molar-refractivity contribution is -0.141. The minimum absolute atomic E-state index is 0.0106. The van der Waals surface area contributed by atoms with Crippen molar-refractivity contribution in [3.8, 4) is 0 Å². The van der Waals surface area contributed by atoms with Crippen molar-refractivity contribution in [1.82, 2.24) is 9.80 Å². The van der Waals surface area contributed by atoms with Gasteiger partial charge in [-0.15, -0.1) is 11.3 Å². The molecule has 5 heteroatoms. The van der Waals surface area contributed by atoms with Gasteiger partial charge in [-0.1, -0.05) is 82.3 Å². The van der Waals surface area contributed by atoms with Crippen LogP contribution in [0.4, 0.5) is 0 Å². The smallest absolute Gasteiger partial charge is 0.247 e. The highest BCUT2D eigenvalue weighted by atomic mass is 32.1. The molecule has 4 nitrogen and oxygen atoms in total. The number of amides is 2.